The molecule has 0 spiro atoms. The molecule has 0 saturated heterocycles. The molecule has 16 heavy (non-hydrogen) atoms. The number of methoxy groups -OCH3 is 1. The SMILES string of the molecule is COC(=O)c1cccc(C#N)c1S(C)(=O)=O. The highest BCUT2D eigenvalue weighted by Crippen LogP contribution is 2.20. The number of benzene rings is 1. The first-order valence-electron chi connectivity index (χ1n) is 4.23. The van der Waals surface area contributed by atoms with Crippen LogP contribution in [0, 0.1) is 11.3 Å². The molecule has 0 aliphatic heterocycles. The van der Waals surface area contributed by atoms with Crippen molar-refractivity contribution in [1.29, 1.82) is 5.26 Å². The highest BCUT2D eigenvalue weighted by atomic mass is 32.2. The van der Waals surface area contributed by atoms with Gasteiger partial charge in [0, 0.05) is 6.26 Å². The standard InChI is InChI=1S/C10H9NO4S/c1-15-10(12)8-5-3-4-7(6-11)9(8)16(2,13)14/h3-5H,1-2H3. The Labute approximate surface area is 93.2 Å². The van der Waals surface area contributed by atoms with Gasteiger partial charge in [-0.15, -0.1) is 0 Å². The van der Waals surface area contributed by atoms with E-state index in [0.717, 1.165) is 13.4 Å². The third kappa shape index (κ3) is 2.20. The van der Waals surface area contributed by atoms with E-state index in [1.54, 1.807) is 6.07 Å². The molecule has 0 N–H and O–H groups in total. The average molecular weight is 239 g/mol. The van der Waals surface area contributed by atoms with Gasteiger partial charge >= 0.3 is 5.97 Å². The fourth-order valence-corrected chi connectivity index (χ4v) is 2.36. The molecule has 0 aliphatic carbocycles. The minimum absolute atomic E-state index is 0.0644. The van der Waals surface area contributed by atoms with E-state index in [9.17, 15) is 13.2 Å². The number of nitriles is 1. The summed E-state index contributed by atoms with van der Waals surface area (Å²) in [5.41, 5.74) is -0.186. The third-order valence-electron chi connectivity index (χ3n) is 1.91. The molecule has 0 fully saturated rings. The maximum atomic E-state index is 11.5. The summed E-state index contributed by atoms with van der Waals surface area (Å²) < 4.78 is 27.4. The van der Waals surface area contributed by atoms with Crippen molar-refractivity contribution in [2.45, 2.75) is 4.90 Å². The summed E-state index contributed by atoms with van der Waals surface area (Å²) in [4.78, 5) is 11.1. The Kier molecular flexibility index (Phi) is 3.30. The van der Waals surface area contributed by atoms with Crippen molar-refractivity contribution >= 4 is 15.8 Å². The van der Waals surface area contributed by atoms with Gasteiger partial charge in [-0.05, 0) is 12.1 Å². The minimum atomic E-state index is -3.65. The average Bonchev–Trinajstić information content (AvgIpc) is 2.25. The van der Waals surface area contributed by atoms with Crippen molar-refractivity contribution in [3.05, 3.63) is 29.3 Å². The van der Waals surface area contributed by atoms with Crippen LogP contribution in [0.2, 0.25) is 0 Å². The second-order valence-corrected chi connectivity index (χ2v) is 5.01. The second-order valence-electron chi connectivity index (χ2n) is 3.06. The van der Waals surface area contributed by atoms with Crippen LogP contribution >= 0.6 is 0 Å². The zero-order chi connectivity index (χ0) is 12.3. The lowest BCUT2D eigenvalue weighted by molar-refractivity contribution is 0.0596. The van der Waals surface area contributed by atoms with Crippen LogP contribution in [0.3, 0.4) is 0 Å². The van der Waals surface area contributed by atoms with E-state index >= 15 is 0 Å². The summed E-state index contributed by atoms with van der Waals surface area (Å²) >= 11 is 0. The van der Waals surface area contributed by atoms with Gasteiger partial charge in [-0.25, -0.2) is 13.2 Å². The molecule has 0 bridgehead atoms. The second kappa shape index (κ2) is 4.33. The Bertz CT molecular complexity index is 569. The smallest absolute Gasteiger partial charge is 0.339 e. The fraction of sp³-hybridized carbons (Fsp3) is 0.200. The van der Waals surface area contributed by atoms with Crippen molar-refractivity contribution < 1.29 is 17.9 Å². The summed E-state index contributed by atoms with van der Waals surface area (Å²) in [6, 6.07) is 5.81. The minimum Gasteiger partial charge on any atom is -0.465 e. The number of carbonyl (C=O) groups is 1. The van der Waals surface area contributed by atoms with Gasteiger partial charge in [-0.3, -0.25) is 0 Å². The third-order valence-corrected chi connectivity index (χ3v) is 3.09. The molecule has 0 saturated carbocycles. The largest absolute Gasteiger partial charge is 0.465 e. The molecule has 5 nitrogen and oxygen atoms in total. The number of ether oxygens (including phenoxy) is 1. The Hall–Kier alpha value is -1.87. The Morgan fingerprint density at radius 2 is 2.06 bits per heavy atom. The molecule has 0 atom stereocenters. The van der Waals surface area contributed by atoms with Crippen LogP contribution in [0.15, 0.2) is 23.1 Å². The van der Waals surface area contributed by atoms with Crippen molar-refractivity contribution in [1.82, 2.24) is 0 Å². The molecule has 1 rings (SSSR count). The number of hydrogen-bond acceptors (Lipinski definition) is 5. The lowest BCUT2D eigenvalue weighted by atomic mass is 10.1. The molecule has 0 radical (unpaired) electrons. The summed E-state index contributed by atoms with van der Waals surface area (Å²) in [5, 5.41) is 8.79. The molecule has 0 aromatic heterocycles. The van der Waals surface area contributed by atoms with E-state index in [2.05, 4.69) is 4.74 Å². The molecule has 0 amide bonds. The van der Waals surface area contributed by atoms with Crippen molar-refractivity contribution in [3.8, 4) is 6.07 Å². The maximum absolute atomic E-state index is 11.5. The quantitative estimate of drug-likeness (QED) is 0.711. The van der Waals surface area contributed by atoms with Crippen LogP contribution in [0.25, 0.3) is 0 Å². The topological polar surface area (TPSA) is 84.2 Å². The number of nitrogens with zero attached hydrogens (tertiary/aromatic N) is 1. The van der Waals surface area contributed by atoms with Gasteiger partial charge in [0.25, 0.3) is 0 Å². The van der Waals surface area contributed by atoms with Gasteiger partial charge in [0.05, 0.1) is 23.1 Å². The fourth-order valence-electron chi connectivity index (χ4n) is 1.30. The van der Waals surface area contributed by atoms with Gasteiger partial charge in [0.1, 0.15) is 6.07 Å². The predicted octanol–water partition coefficient (Wildman–Crippen LogP) is 0.748. The molecular formula is C10H9NO4S. The maximum Gasteiger partial charge on any atom is 0.339 e. The zero-order valence-corrected chi connectivity index (χ0v) is 9.54. The summed E-state index contributed by atoms with van der Waals surface area (Å²) in [5.74, 6) is -0.780. The Balaban J connectivity index is 3.66. The molecule has 6 heteroatoms. The van der Waals surface area contributed by atoms with Crippen LogP contribution in [0.5, 0.6) is 0 Å². The van der Waals surface area contributed by atoms with E-state index in [1.165, 1.54) is 18.2 Å². The monoisotopic (exact) mass is 239 g/mol. The number of sulfone groups is 1. The van der Waals surface area contributed by atoms with Crippen LogP contribution < -0.4 is 0 Å². The predicted molar refractivity (Wildman–Crippen MR) is 55.6 cm³/mol. The number of rotatable bonds is 2. The Morgan fingerprint density at radius 1 is 1.44 bits per heavy atom. The van der Waals surface area contributed by atoms with Crippen molar-refractivity contribution in [2.24, 2.45) is 0 Å². The van der Waals surface area contributed by atoms with E-state index in [4.69, 9.17) is 5.26 Å². The van der Waals surface area contributed by atoms with E-state index in [1.807, 2.05) is 0 Å². The molecule has 0 unspecified atom stereocenters. The zero-order valence-electron chi connectivity index (χ0n) is 8.72. The first-order chi connectivity index (χ1) is 7.41. The molecule has 1 aromatic rings. The molecule has 84 valence electrons. The van der Waals surface area contributed by atoms with Crippen LogP contribution in [-0.2, 0) is 14.6 Å². The van der Waals surface area contributed by atoms with E-state index in [0.29, 0.717) is 0 Å². The van der Waals surface area contributed by atoms with Crippen LogP contribution in [0.4, 0.5) is 0 Å². The number of carbonyl (C=O) groups excluding carboxylic acids is 1. The van der Waals surface area contributed by atoms with Crippen molar-refractivity contribution in [3.63, 3.8) is 0 Å². The van der Waals surface area contributed by atoms with Gasteiger partial charge < -0.3 is 4.74 Å². The Morgan fingerprint density at radius 3 is 2.50 bits per heavy atom. The van der Waals surface area contributed by atoms with Gasteiger partial charge in [-0.1, -0.05) is 6.07 Å². The van der Waals surface area contributed by atoms with E-state index in [-0.39, 0.29) is 16.0 Å². The lowest BCUT2D eigenvalue weighted by Crippen LogP contribution is -2.11. The van der Waals surface area contributed by atoms with Gasteiger partial charge in [0.2, 0.25) is 0 Å². The highest BCUT2D eigenvalue weighted by molar-refractivity contribution is 7.90. The highest BCUT2D eigenvalue weighted by Gasteiger charge is 2.22. The summed E-state index contributed by atoms with van der Waals surface area (Å²) in [6.07, 6.45) is 0.940. The first-order valence-corrected chi connectivity index (χ1v) is 6.12. The molecule has 0 aliphatic rings. The van der Waals surface area contributed by atoms with E-state index < -0.39 is 15.8 Å². The van der Waals surface area contributed by atoms with Crippen molar-refractivity contribution in [2.75, 3.05) is 13.4 Å². The van der Waals surface area contributed by atoms with Crippen LogP contribution in [0.1, 0.15) is 15.9 Å². The first kappa shape index (κ1) is 12.2. The lowest BCUT2D eigenvalue weighted by Gasteiger charge is -2.07. The molecule has 1 aromatic carbocycles. The van der Waals surface area contributed by atoms with Gasteiger partial charge in [-0.2, -0.15) is 5.26 Å². The number of esters is 1. The van der Waals surface area contributed by atoms with Gasteiger partial charge in [0.15, 0.2) is 9.84 Å². The van der Waals surface area contributed by atoms with Crippen LogP contribution in [-0.4, -0.2) is 27.8 Å². The molecule has 0 heterocycles. The number of hydrogen-bond donors (Lipinski definition) is 0. The normalized spacial score (nSPS) is 10.6. The summed E-state index contributed by atoms with van der Waals surface area (Å²) in [7, 11) is -2.51. The summed E-state index contributed by atoms with van der Waals surface area (Å²) in [6.45, 7) is 0. The molecular weight excluding hydrogens is 230 g/mol.